The summed E-state index contributed by atoms with van der Waals surface area (Å²) >= 11 is 5.84. The van der Waals surface area contributed by atoms with Gasteiger partial charge in [0.05, 0.1) is 16.4 Å². The summed E-state index contributed by atoms with van der Waals surface area (Å²) in [5, 5.41) is 3.13. The lowest BCUT2D eigenvalue weighted by atomic mass is 10.1. The number of nitrogens with zero attached hydrogens (tertiary/aromatic N) is 4. The number of carbonyl (C=O) groups is 1. The van der Waals surface area contributed by atoms with Crippen LogP contribution in [0.25, 0.3) is 16.8 Å². The summed E-state index contributed by atoms with van der Waals surface area (Å²) in [5.41, 5.74) is 1.32. The summed E-state index contributed by atoms with van der Waals surface area (Å²) in [6.07, 6.45) is -4.68. The Hall–Kier alpha value is -3.33. The lowest BCUT2D eigenvalue weighted by Gasteiger charge is -2.18. The Morgan fingerprint density at radius 2 is 1.90 bits per heavy atom. The quantitative estimate of drug-likeness (QED) is 0.410. The lowest BCUT2D eigenvalue weighted by Crippen LogP contribution is -2.26. The fraction of sp³-hybridized carbons (Fsp3) is 0.190. The molecule has 0 fully saturated rings. The maximum absolute atomic E-state index is 13.1. The number of aromatic nitrogens is 3. The summed E-state index contributed by atoms with van der Waals surface area (Å²) in [7, 11) is 1.59. The number of aryl methyl sites for hydroxylation is 1. The first-order valence-corrected chi connectivity index (χ1v) is 9.52. The van der Waals surface area contributed by atoms with Crippen molar-refractivity contribution in [3.8, 4) is 5.69 Å². The SMILES string of the molecule is Cc1nc2ccc(N(C)C(=O)c3cccc(-n4nc(C(F)(F)F)c(Cl)c4C)c3)cc2o1. The highest BCUT2D eigenvalue weighted by molar-refractivity contribution is 6.32. The van der Waals surface area contributed by atoms with Gasteiger partial charge < -0.3 is 9.32 Å². The van der Waals surface area contributed by atoms with Gasteiger partial charge in [-0.3, -0.25) is 4.79 Å². The fourth-order valence-corrected chi connectivity index (χ4v) is 3.46. The van der Waals surface area contributed by atoms with Gasteiger partial charge in [0, 0.05) is 31.3 Å². The number of hydrogen-bond acceptors (Lipinski definition) is 4. The van der Waals surface area contributed by atoms with E-state index in [1.165, 1.54) is 17.9 Å². The third-order valence-corrected chi connectivity index (χ3v) is 5.27. The van der Waals surface area contributed by atoms with Crippen molar-refractivity contribution in [1.29, 1.82) is 0 Å². The predicted molar refractivity (Wildman–Crippen MR) is 110 cm³/mol. The second-order valence-electron chi connectivity index (χ2n) is 6.96. The van der Waals surface area contributed by atoms with Gasteiger partial charge in [-0.2, -0.15) is 18.3 Å². The molecule has 4 aromatic rings. The molecule has 0 radical (unpaired) electrons. The molecular formula is C21H16ClF3N4O2. The lowest BCUT2D eigenvalue weighted by molar-refractivity contribution is -0.141. The molecule has 0 saturated carbocycles. The van der Waals surface area contributed by atoms with Gasteiger partial charge in [0.2, 0.25) is 0 Å². The van der Waals surface area contributed by atoms with E-state index in [1.807, 2.05) is 0 Å². The van der Waals surface area contributed by atoms with E-state index >= 15 is 0 Å². The predicted octanol–water partition coefficient (Wildman–Crippen LogP) is 5.58. The van der Waals surface area contributed by atoms with Gasteiger partial charge >= 0.3 is 6.18 Å². The Bertz CT molecular complexity index is 1310. The van der Waals surface area contributed by atoms with Crippen molar-refractivity contribution in [2.45, 2.75) is 20.0 Å². The van der Waals surface area contributed by atoms with E-state index in [1.54, 1.807) is 50.4 Å². The van der Waals surface area contributed by atoms with Gasteiger partial charge in [0.1, 0.15) is 5.52 Å². The van der Waals surface area contributed by atoms with E-state index in [0.29, 0.717) is 22.7 Å². The topological polar surface area (TPSA) is 64.2 Å². The number of alkyl halides is 3. The molecule has 2 aromatic heterocycles. The summed E-state index contributed by atoms with van der Waals surface area (Å²) in [6.45, 7) is 3.16. The van der Waals surface area contributed by atoms with Crippen LogP contribution in [0.1, 0.15) is 27.6 Å². The normalized spacial score (nSPS) is 11.8. The van der Waals surface area contributed by atoms with Crippen LogP contribution in [0.5, 0.6) is 0 Å². The molecule has 0 bridgehead atoms. The molecule has 0 aliphatic rings. The van der Waals surface area contributed by atoms with Crippen molar-refractivity contribution in [2.24, 2.45) is 0 Å². The third-order valence-electron chi connectivity index (χ3n) is 4.82. The molecule has 0 atom stereocenters. The standard InChI is InChI=1S/C21H16ClF3N4O2/c1-11-18(22)19(21(23,24)25)27-29(11)15-6-4-5-13(9-15)20(30)28(3)14-7-8-16-17(10-14)31-12(2)26-16/h4-10H,1-3H3. The highest BCUT2D eigenvalue weighted by Gasteiger charge is 2.38. The van der Waals surface area contributed by atoms with Crippen LogP contribution in [0.3, 0.4) is 0 Å². The Morgan fingerprint density at radius 3 is 2.58 bits per heavy atom. The van der Waals surface area contributed by atoms with Crippen molar-refractivity contribution in [3.63, 3.8) is 0 Å². The van der Waals surface area contributed by atoms with E-state index in [-0.39, 0.29) is 22.9 Å². The molecule has 0 saturated heterocycles. The van der Waals surface area contributed by atoms with Crippen molar-refractivity contribution in [1.82, 2.24) is 14.8 Å². The largest absolute Gasteiger partial charge is 0.441 e. The number of rotatable bonds is 3. The van der Waals surface area contributed by atoms with E-state index in [2.05, 4.69) is 10.1 Å². The summed E-state index contributed by atoms with van der Waals surface area (Å²) in [5.74, 6) is 0.157. The van der Waals surface area contributed by atoms with Gasteiger partial charge in [-0.15, -0.1) is 0 Å². The molecule has 0 aliphatic carbocycles. The van der Waals surface area contributed by atoms with Crippen molar-refractivity contribution >= 4 is 34.3 Å². The number of halogens is 4. The van der Waals surface area contributed by atoms with Gasteiger partial charge in [-0.25, -0.2) is 9.67 Å². The number of oxazole rings is 1. The highest BCUT2D eigenvalue weighted by atomic mass is 35.5. The molecule has 160 valence electrons. The summed E-state index contributed by atoms with van der Waals surface area (Å²) in [4.78, 5) is 18.7. The van der Waals surface area contributed by atoms with Crippen molar-refractivity contribution in [2.75, 3.05) is 11.9 Å². The van der Waals surface area contributed by atoms with Crippen LogP contribution in [-0.2, 0) is 6.18 Å². The molecule has 6 nitrogen and oxygen atoms in total. The van der Waals surface area contributed by atoms with Crippen LogP contribution < -0.4 is 4.90 Å². The van der Waals surface area contributed by atoms with Gasteiger partial charge in [-0.05, 0) is 37.3 Å². The number of carbonyl (C=O) groups excluding carboxylic acids is 1. The first kappa shape index (κ1) is 20.9. The van der Waals surface area contributed by atoms with Gasteiger partial charge in [0.25, 0.3) is 5.91 Å². The van der Waals surface area contributed by atoms with Crippen LogP contribution in [0.15, 0.2) is 46.9 Å². The Labute approximate surface area is 179 Å². The molecule has 2 aromatic carbocycles. The Morgan fingerprint density at radius 1 is 1.16 bits per heavy atom. The molecular weight excluding hydrogens is 433 g/mol. The number of benzene rings is 2. The zero-order chi connectivity index (χ0) is 22.5. The monoisotopic (exact) mass is 448 g/mol. The molecule has 4 rings (SSSR count). The molecule has 1 amide bonds. The van der Waals surface area contributed by atoms with E-state index in [4.69, 9.17) is 16.0 Å². The second-order valence-corrected chi connectivity index (χ2v) is 7.33. The van der Waals surface area contributed by atoms with Crippen LogP contribution >= 0.6 is 11.6 Å². The van der Waals surface area contributed by atoms with Gasteiger partial charge in [-0.1, -0.05) is 17.7 Å². The Balaban J connectivity index is 1.68. The minimum atomic E-state index is -4.68. The van der Waals surface area contributed by atoms with Crippen LogP contribution in [0.4, 0.5) is 18.9 Å². The van der Waals surface area contributed by atoms with Gasteiger partial charge in [0.15, 0.2) is 17.2 Å². The number of amides is 1. The second kappa shape index (κ2) is 7.42. The molecule has 0 unspecified atom stereocenters. The highest BCUT2D eigenvalue weighted by Crippen LogP contribution is 2.36. The molecule has 10 heteroatoms. The minimum absolute atomic E-state index is 0.123. The fourth-order valence-electron chi connectivity index (χ4n) is 3.23. The third kappa shape index (κ3) is 3.76. The first-order chi connectivity index (χ1) is 14.6. The number of anilines is 1. The maximum Gasteiger partial charge on any atom is 0.436 e. The zero-order valence-electron chi connectivity index (χ0n) is 16.7. The zero-order valence-corrected chi connectivity index (χ0v) is 17.4. The minimum Gasteiger partial charge on any atom is -0.441 e. The average Bonchev–Trinajstić information content (AvgIpc) is 3.25. The van der Waals surface area contributed by atoms with E-state index in [9.17, 15) is 18.0 Å². The first-order valence-electron chi connectivity index (χ1n) is 9.14. The van der Waals surface area contributed by atoms with Crippen molar-refractivity contribution < 1.29 is 22.4 Å². The van der Waals surface area contributed by atoms with Crippen LogP contribution in [-0.4, -0.2) is 27.7 Å². The van der Waals surface area contributed by atoms with Crippen LogP contribution in [0.2, 0.25) is 5.02 Å². The molecule has 2 heterocycles. The smallest absolute Gasteiger partial charge is 0.436 e. The molecule has 0 spiro atoms. The number of hydrogen-bond donors (Lipinski definition) is 0. The molecule has 0 aliphatic heterocycles. The average molecular weight is 449 g/mol. The molecule has 31 heavy (non-hydrogen) atoms. The van der Waals surface area contributed by atoms with Crippen molar-refractivity contribution in [3.05, 3.63) is 70.3 Å². The summed E-state index contributed by atoms with van der Waals surface area (Å²) in [6, 6.07) is 11.3. The summed E-state index contributed by atoms with van der Waals surface area (Å²) < 4.78 is 46.0. The van der Waals surface area contributed by atoms with E-state index < -0.39 is 16.9 Å². The maximum atomic E-state index is 13.1. The Kier molecular flexibility index (Phi) is 5.01. The van der Waals surface area contributed by atoms with E-state index in [0.717, 1.165) is 4.68 Å². The molecule has 0 N–H and O–H groups in total. The number of fused-ring (bicyclic) bond motifs is 1. The van der Waals surface area contributed by atoms with Crippen LogP contribution in [0, 0.1) is 13.8 Å².